The zero-order valence-corrected chi connectivity index (χ0v) is 14.5. The summed E-state index contributed by atoms with van der Waals surface area (Å²) >= 11 is 0. The van der Waals surface area contributed by atoms with Gasteiger partial charge in [0.2, 0.25) is 0 Å². The van der Waals surface area contributed by atoms with E-state index in [-0.39, 0.29) is 18.3 Å². The Hall–Kier alpha value is -0.280. The van der Waals surface area contributed by atoms with Crippen molar-refractivity contribution in [3.63, 3.8) is 0 Å². The van der Waals surface area contributed by atoms with E-state index in [9.17, 15) is 9.90 Å². The van der Waals surface area contributed by atoms with Crippen LogP contribution in [-0.2, 0) is 4.79 Å². The van der Waals surface area contributed by atoms with Gasteiger partial charge in [-0.25, -0.2) is 0 Å². The lowest BCUT2D eigenvalue weighted by atomic mass is 9.67. The number of hydrogen-bond acceptors (Lipinski definition) is 2. The summed E-state index contributed by atoms with van der Waals surface area (Å²) in [5, 5.41) is 9.92. The molecule has 0 bridgehead atoms. The molecule has 1 N–H and O–H groups in total. The van der Waals surface area contributed by atoms with Crippen LogP contribution in [0, 0.1) is 17.8 Å². The highest BCUT2D eigenvalue weighted by atomic mass is 35.5. The number of carboxylic acids is 1. The second-order valence-corrected chi connectivity index (χ2v) is 7.52. The van der Waals surface area contributed by atoms with Gasteiger partial charge in [0, 0.05) is 6.04 Å². The van der Waals surface area contributed by atoms with Crippen LogP contribution >= 0.6 is 12.4 Å². The van der Waals surface area contributed by atoms with E-state index in [0.717, 1.165) is 19.3 Å². The smallest absolute Gasteiger partial charge is 0.307 e. The third kappa shape index (κ3) is 3.97. The zero-order chi connectivity index (χ0) is 14.7. The van der Waals surface area contributed by atoms with Gasteiger partial charge in [-0.15, -0.1) is 12.4 Å². The summed E-state index contributed by atoms with van der Waals surface area (Å²) in [6.45, 7) is 2.41. The second-order valence-electron chi connectivity index (χ2n) is 7.52. The van der Waals surface area contributed by atoms with Crippen LogP contribution in [0.25, 0.3) is 0 Å². The van der Waals surface area contributed by atoms with Gasteiger partial charge in [-0.3, -0.25) is 4.79 Å². The monoisotopic (exact) mass is 329 g/mol. The molecule has 3 fully saturated rings. The molecule has 128 valence electrons. The Morgan fingerprint density at radius 1 is 0.864 bits per heavy atom. The lowest BCUT2D eigenvalue weighted by Crippen LogP contribution is -2.47. The van der Waals surface area contributed by atoms with Crippen molar-refractivity contribution in [1.82, 2.24) is 4.90 Å². The lowest BCUT2D eigenvalue weighted by Gasteiger charge is -2.43. The molecule has 0 amide bonds. The molecule has 0 aromatic heterocycles. The Kier molecular flexibility index (Phi) is 7.01. The molecule has 0 aromatic rings. The molecule has 3 nitrogen and oxygen atoms in total. The summed E-state index contributed by atoms with van der Waals surface area (Å²) in [6.07, 6.45) is 13.7. The fourth-order valence-electron chi connectivity index (χ4n) is 5.31. The predicted molar refractivity (Wildman–Crippen MR) is 91.5 cm³/mol. The van der Waals surface area contributed by atoms with Crippen molar-refractivity contribution in [2.24, 2.45) is 17.8 Å². The Bertz CT molecular complexity index is 351. The first kappa shape index (κ1) is 18.1. The number of nitrogens with zero attached hydrogens (tertiary/aromatic N) is 1. The van der Waals surface area contributed by atoms with Gasteiger partial charge in [-0.05, 0) is 63.5 Å². The number of aliphatic carboxylic acids is 1. The highest BCUT2D eigenvalue weighted by molar-refractivity contribution is 5.85. The van der Waals surface area contributed by atoms with E-state index >= 15 is 0 Å². The third-order valence-corrected chi connectivity index (χ3v) is 6.30. The maximum absolute atomic E-state index is 12.0. The largest absolute Gasteiger partial charge is 0.481 e. The van der Waals surface area contributed by atoms with Crippen LogP contribution in [0.2, 0.25) is 0 Å². The molecule has 3 unspecified atom stereocenters. The maximum atomic E-state index is 12.0. The summed E-state index contributed by atoms with van der Waals surface area (Å²) < 4.78 is 0. The number of carboxylic acid groups (broad SMARTS) is 1. The molecule has 22 heavy (non-hydrogen) atoms. The molecule has 3 rings (SSSR count). The third-order valence-electron chi connectivity index (χ3n) is 6.30. The van der Waals surface area contributed by atoms with Crippen LogP contribution in [0.3, 0.4) is 0 Å². The van der Waals surface area contributed by atoms with E-state index in [1.165, 1.54) is 64.5 Å². The van der Waals surface area contributed by atoms with Crippen molar-refractivity contribution in [2.75, 3.05) is 13.1 Å². The van der Waals surface area contributed by atoms with Crippen molar-refractivity contribution in [2.45, 2.75) is 76.7 Å². The van der Waals surface area contributed by atoms with Gasteiger partial charge in [-0.2, -0.15) is 0 Å². The molecule has 0 aromatic carbocycles. The first-order valence-electron chi connectivity index (χ1n) is 9.24. The van der Waals surface area contributed by atoms with E-state index < -0.39 is 5.97 Å². The molecule has 2 aliphatic carbocycles. The van der Waals surface area contributed by atoms with Crippen LogP contribution in [0.5, 0.6) is 0 Å². The lowest BCUT2D eigenvalue weighted by molar-refractivity contribution is -0.149. The Balaban J connectivity index is 0.00000176. The van der Waals surface area contributed by atoms with Gasteiger partial charge in [0.1, 0.15) is 0 Å². The number of hydrogen-bond donors (Lipinski definition) is 1. The molecular formula is C18H32ClNO2. The standard InChI is InChI=1S/C18H31NO2.ClH/c20-18(21)17(14-8-2-1-3-9-14)15-10-4-5-11-16(15)19-12-6-7-13-19;/h14-17H,1-13H2,(H,20,21);1H. The van der Waals surface area contributed by atoms with E-state index in [1.807, 2.05) is 0 Å². The van der Waals surface area contributed by atoms with Gasteiger partial charge in [0.15, 0.2) is 0 Å². The summed E-state index contributed by atoms with van der Waals surface area (Å²) in [7, 11) is 0. The van der Waals surface area contributed by atoms with Crippen LogP contribution in [0.4, 0.5) is 0 Å². The van der Waals surface area contributed by atoms with Crippen LogP contribution < -0.4 is 0 Å². The summed E-state index contributed by atoms with van der Waals surface area (Å²) in [5.41, 5.74) is 0. The molecule has 0 spiro atoms. The number of likely N-dealkylation sites (tertiary alicyclic amines) is 1. The van der Waals surface area contributed by atoms with Crippen molar-refractivity contribution in [3.8, 4) is 0 Å². The van der Waals surface area contributed by atoms with Crippen molar-refractivity contribution >= 4 is 18.4 Å². The van der Waals surface area contributed by atoms with Gasteiger partial charge in [0.05, 0.1) is 5.92 Å². The molecule has 0 radical (unpaired) electrons. The van der Waals surface area contributed by atoms with Gasteiger partial charge >= 0.3 is 5.97 Å². The normalized spacial score (nSPS) is 32.4. The maximum Gasteiger partial charge on any atom is 0.307 e. The molecule has 2 saturated carbocycles. The molecule has 1 heterocycles. The van der Waals surface area contributed by atoms with E-state index in [0.29, 0.717) is 17.9 Å². The highest BCUT2D eigenvalue weighted by Crippen LogP contribution is 2.42. The molecule has 3 aliphatic rings. The molecule has 1 aliphatic heterocycles. The van der Waals surface area contributed by atoms with Crippen LogP contribution in [0.1, 0.15) is 70.6 Å². The van der Waals surface area contributed by atoms with E-state index in [2.05, 4.69) is 4.90 Å². The molecule has 3 atom stereocenters. The summed E-state index contributed by atoms with van der Waals surface area (Å²) in [4.78, 5) is 14.7. The fourth-order valence-corrected chi connectivity index (χ4v) is 5.31. The number of halogens is 1. The average molecular weight is 330 g/mol. The number of carbonyl (C=O) groups is 1. The first-order valence-corrected chi connectivity index (χ1v) is 9.24. The fraction of sp³-hybridized carbons (Fsp3) is 0.944. The van der Waals surface area contributed by atoms with Gasteiger partial charge in [0.25, 0.3) is 0 Å². The number of rotatable bonds is 4. The summed E-state index contributed by atoms with van der Waals surface area (Å²) in [5.74, 6) is 0.288. The van der Waals surface area contributed by atoms with Crippen molar-refractivity contribution in [3.05, 3.63) is 0 Å². The summed E-state index contributed by atoms with van der Waals surface area (Å²) in [6, 6.07) is 0.560. The topological polar surface area (TPSA) is 40.5 Å². The zero-order valence-electron chi connectivity index (χ0n) is 13.7. The van der Waals surface area contributed by atoms with Crippen molar-refractivity contribution in [1.29, 1.82) is 0 Å². The van der Waals surface area contributed by atoms with E-state index in [1.54, 1.807) is 0 Å². The quantitative estimate of drug-likeness (QED) is 0.833. The minimum Gasteiger partial charge on any atom is -0.481 e. The SMILES string of the molecule is Cl.O=C(O)C(C1CCCCC1)C1CCCCC1N1CCCC1. The molecule has 1 saturated heterocycles. The van der Waals surface area contributed by atoms with Crippen molar-refractivity contribution < 1.29 is 9.90 Å². The average Bonchev–Trinajstić information content (AvgIpc) is 3.03. The first-order chi connectivity index (χ1) is 10.3. The Morgan fingerprint density at radius 2 is 1.45 bits per heavy atom. The highest BCUT2D eigenvalue weighted by Gasteiger charge is 2.42. The van der Waals surface area contributed by atoms with Gasteiger partial charge < -0.3 is 10.0 Å². The minimum atomic E-state index is -0.502. The Labute approximate surface area is 141 Å². The van der Waals surface area contributed by atoms with E-state index in [4.69, 9.17) is 0 Å². The molecular weight excluding hydrogens is 298 g/mol. The van der Waals surface area contributed by atoms with Crippen LogP contribution in [0.15, 0.2) is 0 Å². The van der Waals surface area contributed by atoms with Crippen LogP contribution in [-0.4, -0.2) is 35.1 Å². The molecule has 4 heteroatoms. The predicted octanol–water partition coefficient (Wildman–Crippen LogP) is 4.34. The Morgan fingerprint density at radius 3 is 2.09 bits per heavy atom. The second kappa shape index (κ2) is 8.54. The van der Waals surface area contributed by atoms with Gasteiger partial charge in [-0.1, -0.05) is 32.1 Å². The minimum absolute atomic E-state index is 0.